The van der Waals surface area contributed by atoms with Crippen molar-refractivity contribution >= 4 is 21.6 Å². The van der Waals surface area contributed by atoms with Crippen LogP contribution in [0.2, 0.25) is 0 Å². The van der Waals surface area contributed by atoms with Crippen LogP contribution in [-0.2, 0) is 0 Å². The van der Waals surface area contributed by atoms with Crippen LogP contribution in [0, 0.1) is 0 Å². The van der Waals surface area contributed by atoms with Gasteiger partial charge in [-0.25, -0.2) is 4.52 Å². The minimum atomic E-state index is 0.584. The summed E-state index contributed by atoms with van der Waals surface area (Å²) in [5.41, 5.74) is 0.745. The molecule has 0 N–H and O–H groups in total. The smallest absolute Gasteiger partial charge is 0.218 e. The molecule has 0 spiro atoms. The number of hydrogen-bond acceptors (Lipinski definition) is 3. The Morgan fingerprint density at radius 2 is 2.40 bits per heavy atom. The summed E-state index contributed by atoms with van der Waals surface area (Å²) in [7, 11) is 0. The van der Waals surface area contributed by atoms with Crippen LogP contribution in [0.3, 0.4) is 0 Å². The molecule has 0 saturated carbocycles. The van der Waals surface area contributed by atoms with Gasteiger partial charge in [-0.05, 0) is 15.9 Å². The molecule has 0 bridgehead atoms. The van der Waals surface area contributed by atoms with E-state index in [1.807, 2.05) is 0 Å². The number of aromatic nitrogens is 4. The number of hydrogen-bond donors (Lipinski definition) is 0. The standard InChI is InChI=1S/C5H3BrN4/c6-5-8-4-3-7-1-2-10(4)9-5/h1-3H. The van der Waals surface area contributed by atoms with E-state index in [1.54, 1.807) is 23.1 Å². The van der Waals surface area contributed by atoms with E-state index in [0.29, 0.717) is 4.73 Å². The van der Waals surface area contributed by atoms with Crippen molar-refractivity contribution in [2.24, 2.45) is 0 Å². The fourth-order valence-corrected chi connectivity index (χ4v) is 1.07. The second-order valence-corrected chi connectivity index (χ2v) is 2.47. The molecule has 50 valence electrons. The average Bonchev–Trinajstić information content (AvgIpc) is 2.27. The summed E-state index contributed by atoms with van der Waals surface area (Å²) in [5, 5.41) is 4.00. The van der Waals surface area contributed by atoms with Crippen LogP contribution < -0.4 is 0 Å². The highest BCUT2D eigenvalue weighted by molar-refractivity contribution is 9.10. The first-order valence-electron chi connectivity index (χ1n) is 2.68. The molecule has 10 heavy (non-hydrogen) atoms. The Morgan fingerprint density at radius 1 is 1.50 bits per heavy atom. The van der Waals surface area contributed by atoms with Crippen LogP contribution in [0.4, 0.5) is 0 Å². The molecule has 0 radical (unpaired) electrons. The van der Waals surface area contributed by atoms with Gasteiger partial charge in [0.25, 0.3) is 0 Å². The lowest BCUT2D eigenvalue weighted by Crippen LogP contribution is -1.85. The van der Waals surface area contributed by atoms with Crippen molar-refractivity contribution in [3.63, 3.8) is 0 Å². The van der Waals surface area contributed by atoms with Gasteiger partial charge in [0.15, 0.2) is 5.65 Å². The number of fused-ring (bicyclic) bond motifs is 1. The fraction of sp³-hybridized carbons (Fsp3) is 0. The second-order valence-electron chi connectivity index (χ2n) is 1.76. The zero-order valence-corrected chi connectivity index (χ0v) is 6.48. The third-order valence-corrected chi connectivity index (χ3v) is 1.45. The fourth-order valence-electron chi connectivity index (χ4n) is 0.717. The lowest BCUT2D eigenvalue weighted by molar-refractivity contribution is 0.933. The lowest BCUT2D eigenvalue weighted by Gasteiger charge is -1.83. The van der Waals surface area contributed by atoms with Gasteiger partial charge in [0.05, 0.1) is 6.20 Å². The Hall–Kier alpha value is -0.970. The molecule has 4 nitrogen and oxygen atoms in total. The summed E-state index contributed by atoms with van der Waals surface area (Å²) < 4.78 is 2.23. The van der Waals surface area contributed by atoms with Gasteiger partial charge in [0.2, 0.25) is 4.73 Å². The lowest BCUT2D eigenvalue weighted by atomic mass is 10.7. The number of halogens is 1. The van der Waals surface area contributed by atoms with Gasteiger partial charge in [-0.15, -0.1) is 5.10 Å². The van der Waals surface area contributed by atoms with Gasteiger partial charge in [0, 0.05) is 12.4 Å². The molecule has 0 saturated heterocycles. The van der Waals surface area contributed by atoms with Crippen molar-refractivity contribution in [1.82, 2.24) is 19.6 Å². The Balaban J connectivity index is 2.88. The molecule has 0 amide bonds. The highest BCUT2D eigenvalue weighted by atomic mass is 79.9. The largest absolute Gasteiger partial charge is 0.259 e. The Kier molecular flexibility index (Phi) is 1.17. The summed E-state index contributed by atoms with van der Waals surface area (Å²) >= 11 is 3.15. The molecule has 0 aliphatic rings. The predicted octanol–water partition coefficient (Wildman–Crippen LogP) is 0.887. The zero-order chi connectivity index (χ0) is 6.97. The molecular weight excluding hydrogens is 196 g/mol. The summed E-state index contributed by atoms with van der Waals surface area (Å²) in [6.45, 7) is 0. The van der Waals surface area contributed by atoms with Gasteiger partial charge >= 0.3 is 0 Å². The zero-order valence-electron chi connectivity index (χ0n) is 4.90. The molecule has 0 unspecified atom stereocenters. The predicted molar refractivity (Wildman–Crippen MR) is 38.5 cm³/mol. The quantitative estimate of drug-likeness (QED) is 0.632. The maximum absolute atomic E-state index is 4.02. The van der Waals surface area contributed by atoms with Crippen molar-refractivity contribution in [3.05, 3.63) is 23.3 Å². The van der Waals surface area contributed by atoms with Crippen molar-refractivity contribution in [3.8, 4) is 0 Å². The van der Waals surface area contributed by atoms with Crippen LogP contribution in [0.1, 0.15) is 0 Å². The average molecular weight is 199 g/mol. The van der Waals surface area contributed by atoms with E-state index in [0.717, 1.165) is 5.65 Å². The summed E-state index contributed by atoms with van der Waals surface area (Å²) in [6, 6.07) is 0. The maximum atomic E-state index is 4.02. The van der Waals surface area contributed by atoms with Crippen LogP contribution in [-0.4, -0.2) is 19.6 Å². The Bertz CT molecular complexity index is 322. The van der Waals surface area contributed by atoms with Crippen LogP contribution >= 0.6 is 15.9 Å². The number of rotatable bonds is 0. The van der Waals surface area contributed by atoms with E-state index in [9.17, 15) is 0 Å². The molecule has 2 rings (SSSR count). The van der Waals surface area contributed by atoms with Gasteiger partial charge in [-0.3, -0.25) is 4.98 Å². The maximum Gasteiger partial charge on any atom is 0.218 e. The topological polar surface area (TPSA) is 43.1 Å². The summed E-state index contributed by atoms with van der Waals surface area (Å²) in [5.74, 6) is 0. The van der Waals surface area contributed by atoms with Crippen molar-refractivity contribution in [1.29, 1.82) is 0 Å². The van der Waals surface area contributed by atoms with Crippen LogP contribution in [0.5, 0.6) is 0 Å². The Labute approximate surface area is 65.0 Å². The minimum absolute atomic E-state index is 0.584. The van der Waals surface area contributed by atoms with Crippen molar-refractivity contribution < 1.29 is 0 Å². The number of nitrogens with zero attached hydrogens (tertiary/aromatic N) is 4. The third kappa shape index (κ3) is 0.786. The molecule has 0 fully saturated rings. The molecular formula is C5H3BrN4. The van der Waals surface area contributed by atoms with Crippen molar-refractivity contribution in [2.75, 3.05) is 0 Å². The summed E-state index contributed by atoms with van der Waals surface area (Å²) in [6.07, 6.45) is 5.05. The van der Waals surface area contributed by atoms with Gasteiger partial charge in [-0.2, -0.15) is 4.98 Å². The van der Waals surface area contributed by atoms with Crippen molar-refractivity contribution in [2.45, 2.75) is 0 Å². The van der Waals surface area contributed by atoms with Gasteiger partial charge < -0.3 is 0 Å². The monoisotopic (exact) mass is 198 g/mol. The molecule has 2 heterocycles. The normalized spacial score (nSPS) is 10.5. The van der Waals surface area contributed by atoms with E-state index < -0.39 is 0 Å². The van der Waals surface area contributed by atoms with Crippen LogP contribution in [0.15, 0.2) is 23.3 Å². The van der Waals surface area contributed by atoms with E-state index >= 15 is 0 Å². The molecule has 2 aromatic heterocycles. The first kappa shape index (κ1) is 5.79. The minimum Gasteiger partial charge on any atom is -0.259 e. The molecule has 0 aliphatic heterocycles. The molecule has 5 heteroatoms. The highest BCUT2D eigenvalue weighted by Gasteiger charge is 1.96. The SMILES string of the molecule is Brc1nc2cnccn2n1. The van der Waals surface area contributed by atoms with Gasteiger partial charge in [0.1, 0.15) is 0 Å². The third-order valence-electron chi connectivity index (χ3n) is 1.12. The Morgan fingerprint density at radius 3 is 3.20 bits per heavy atom. The summed E-state index contributed by atoms with van der Waals surface area (Å²) in [4.78, 5) is 7.90. The van der Waals surface area contributed by atoms with E-state index in [2.05, 4.69) is 31.0 Å². The molecule has 0 aromatic carbocycles. The van der Waals surface area contributed by atoms with E-state index in [1.165, 1.54) is 0 Å². The van der Waals surface area contributed by atoms with E-state index in [-0.39, 0.29) is 0 Å². The van der Waals surface area contributed by atoms with Gasteiger partial charge in [-0.1, -0.05) is 0 Å². The van der Waals surface area contributed by atoms with Crippen LogP contribution in [0.25, 0.3) is 5.65 Å². The molecule has 2 aromatic rings. The first-order valence-corrected chi connectivity index (χ1v) is 3.47. The molecule has 0 atom stereocenters. The second kappa shape index (κ2) is 2.02. The van der Waals surface area contributed by atoms with E-state index in [4.69, 9.17) is 0 Å². The first-order chi connectivity index (χ1) is 4.86. The highest BCUT2D eigenvalue weighted by Crippen LogP contribution is 2.03. The molecule has 0 aliphatic carbocycles.